The molecule has 0 N–H and O–H groups in total. The summed E-state index contributed by atoms with van der Waals surface area (Å²) in [6.45, 7) is 3.58. The summed E-state index contributed by atoms with van der Waals surface area (Å²) in [5.74, 6) is -1.18. The van der Waals surface area contributed by atoms with Crippen LogP contribution in [0.3, 0.4) is 0 Å². The van der Waals surface area contributed by atoms with E-state index in [-0.39, 0.29) is 5.56 Å². The summed E-state index contributed by atoms with van der Waals surface area (Å²) in [5, 5.41) is 0. The molecular formula is C12H16FNO2. The molecule has 4 heteroatoms. The van der Waals surface area contributed by atoms with Gasteiger partial charge in [-0.25, -0.2) is 9.18 Å². The Morgan fingerprint density at radius 2 is 2.19 bits per heavy atom. The first-order chi connectivity index (χ1) is 7.58. The van der Waals surface area contributed by atoms with E-state index in [4.69, 9.17) is 0 Å². The van der Waals surface area contributed by atoms with Gasteiger partial charge in [-0.05, 0) is 31.3 Å². The van der Waals surface area contributed by atoms with Crippen molar-refractivity contribution in [1.82, 2.24) is 4.90 Å². The van der Waals surface area contributed by atoms with Crippen LogP contribution in [0.15, 0.2) is 18.2 Å². The zero-order chi connectivity index (χ0) is 12.1. The highest BCUT2D eigenvalue weighted by atomic mass is 19.1. The molecule has 0 heterocycles. The maximum atomic E-state index is 13.5. The Morgan fingerprint density at radius 1 is 1.50 bits per heavy atom. The number of hydrogen-bond donors (Lipinski definition) is 0. The fourth-order valence-electron chi connectivity index (χ4n) is 1.36. The van der Waals surface area contributed by atoms with Gasteiger partial charge in [0.2, 0.25) is 0 Å². The van der Waals surface area contributed by atoms with Crippen molar-refractivity contribution >= 4 is 5.97 Å². The van der Waals surface area contributed by atoms with Crippen molar-refractivity contribution in [2.75, 3.05) is 20.7 Å². The monoisotopic (exact) mass is 225 g/mol. The smallest absolute Gasteiger partial charge is 0.340 e. The topological polar surface area (TPSA) is 29.5 Å². The number of benzene rings is 1. The van der Waals surface area contributed by atoms with Crippen molar-refractivity contribution in [3.8, 4) is 0 Å². The zero-order valence-electron chi connectivity index (χ0n) is 9.79. The van der Waals surface area contributed by atoms with E-state index in [1.807, 2.05) is 18.9 Å². The van der Waals surface area contributed by atoms with E-state index in [1.54, 1.807) is 6.07 Å². The predicted octanol–water partition coefficient (Wildman–Crippen LogP) is 2.06. The Hall–Kier alpha value is -1.42. The van der Waals surface area contributed by atoms with Gasteiger partial charge in [0, 0.05) is 6.54 Å². The number of halogens is 1. The second kappa shape index (κ2) is 5.61. The van der Waals surface area contributed by atoms with Gasteiger partial charge in [-0.2, -0.15) is 0 Å². The zero-order valence-corrected chi connectivity index (χ0v) is 9.79. The van der Waals surface area contributed by atoms with Gasteiger partial charge in [-0.1, -0.05) is 13.0 Å². The Labute approximate surface area is 94.8 Å². The number of nitrogens with zero attached hydrogens (tertiary/aromatic N) is 1. The highest BCUT2D eigenvalue weighted by Crippen LogP contribution is 2.12. The van der Waals surface area contributed by atoms with E-state index in [9.17, 15) is 9.18 Å². The van der Waals surface area contributed by atoms with Crippen LogP contribution in [0.4, 0.5) is 4.39 Å². The quantitative estimate of drug-likeness (QED) is 0.735. The lowest BCUT2D eigenvalue weighted by molar-refractivity contribution is 0.0595. The molecule has 88 valence electrons. The van der Waals surface area contributed by atoms with Crippen molar-refractivity contribution in [1.29, 1.82) is 0 Å². The highest BCUT2D eigenvalue weighted by molar-refractivity contribution is 5.89. The largest absolute Gasteiger partial charge is 0.465 e. The average molecular weight is 225 g/mol. The van der Waals surface area contributed by atoms with E-state index in [0.717, 1.165) is 12.1 Å². The number of esters is 1. The number of carbonyl (C=O) groups is 1. The fraction of sp³-hybridized carbons (Fsp3) is 0.417. The van der Waals surface area contributed by atoms with Crippen LogP contribution in [-0.4, -0.2) is 31.6 Å². The molecule has 0 spiro atoms. The standard InChI is InChI=1S/C12H16FNO2/c1-4-14(2)8-9-5-6-10(11(13)7-9)12(15)16-3/h5-7H,4,8H2,1-3H3. The van der Waals surface area contributed by atoms with E-state index >= 15 is 0 Å². The number of methoxy groups -OCH3 is 1. The molecule has 3 nitrogen and oxygen atoms in total. The summed E-state index contributed by atoms with van der Waals surface area (Å²) in [7, 11) is 3.19. The molecule has 0 aliphatic heterocycles. The molecule has 0 atom stereocenters. The van der Waals surface area contributed by atoms with Gasteiger partial charge in [0.25, 0.3) is 0 Å². The molecule has 0 bridgehead atoms. The van der Waals surface area contributed by atoms with Crippen molar-refractivity contribution in [3.05, 3.63) is 35.1 Å². The van der Waals surface area contributed by atoms with Gasteiger partial charge in [-0.15, -0.1) is 0 Å². The third-order valence-electron chi connectivity index (χ3n) is 2.43. The van der Waals surface area contributed by atoms with Gasteiger partial charge in [-0.3, -0.25) is 0 Å². The number of rotatable bonds is 4. The third kappa shape index (κ3) is 3.03. The molecule has 0 saturated carbocycles. The van der Waals surface area contributed by atoms with Crippen LogP contribution in [0.1, 0.15) is 22.8 Å². The summed E-state index contributed by atoms with van der Waals surface area (Å²) in [6.07, 6.45) is 0. The SMILES string of the molecule is CCN(C)Cc1ccc(C(=O)OC)c(F)c1. The normalized spacial score (nSPS) is 10.6. The summed E-state index contributed by atoms with van der Waals surface area (Å²) < 4.78 is 18.0. The molecule has 1 rings (SSSR count). The van der Waals surface area contributed by atoms with Crippen LogP contribution in [0.5, 0.6) is 0 Å². The molecule has 0 amide bonds. The van der Waals surface area contributed by atoms with E-state index in [1.165, 1.54) is 19.2 Å². The number of ether oxygens (including phenoxy) is 1. The molecule has 0 unspecified atom stereocenters. The van der Waals surface area contributed by atoms with Crippen LogP contribution in [-0.2, 0) is 11.3 Å². The first kappa shape index (κ1) is 12.6. The van der Waals surface area contributed by atoms with Crippen LogP contribution < -0.4 is 0 Å². The van der Waals surface area contributed by atoms with Gasteiger partial charge in [0.15, 0.2) is 0 Å². The minimum absolute atomic E-state index is 0.0228. The van der Waals surface area contributed by atoms with E-state index in [0.29, 0.717) is 6.54 Å². The molecule has 0 aromatic heterocycles. The first-order valence-electron chi connectivity index (χ1n) is 5.13. The van der Waals surface area contributed by atoms with Crippen molar-refractivity contribution < 1.29 is 13.9 Å². The maximum Gasteiger partial charge on any atom is 0.340 e. The van der Waals surface area contributed by atoms with Crippen LogP contribution in [0.25, 0.3) is 0 Å². The minimum atomic E-state index is -0.645. The lowest BCUT2D eigenvalue weighted by atomic mass is 10.1. The van der Waals surface area contributed by atoms with E-state index in [2.05, 4.69) is 4.74 Å². The van der Waals surface area contributed by atoms with Crippen LogP contribution >= 0.6 is 0 Å². The molecule has 0 saturated heterocycles. The molecule has 16 heavy (non-hydrogen) atoms. The van der Waals surface area contributed by atoms with Crippen molar-refractivity contribution in [2.24, 2.45) is 0 Å². The summed E-state index contributed by atoms with van der Waals surface area (Å²) in [4.78, 5) is 13.2. The number of hydrogen-bond acceptors (Lipinski definition) is 3. The first-order valence-corrected chi connectivity index (χ1v) is 5.13. The van der Waals surface area contributed by atoms with Gasteiger partial charge in [0.1, 0.15) is 5.82 Å². The highest BCUT2D eigenvalue weighted by Gasteiger charge is 2.12. The average Bonchev–Trinajstić information content (AvgIpc) is 2.28. The molecule has 0 radical (unpaired) electrons. The van der Waals surface area contributed by atoms with Gasteiger partial charge in [0.05, 0.1) is 12.7 Å². The Balaban J connectivity index is 2.86. The van der Waals surface area contributed by atoms with Crippen molar-refractivity contribution in [3.63, 3.8) is 0 Å². The Kier molecular flexibility index (Phi) is 4.43. The summed E-state index contributed by atoms with van der Waals surface area (Å²) in [5.41, 5.74) is 0.819. The summed E-state index contributed by atoms with van der Waals surface area (Å²) in [6, 6.07) is 4.57. The maximum absolute atomic E-state index is 13.5. The Bertz CT molecular complexity index is 379. The van der Waals surface area contributed by atoms with E-state index < -0.39 is 11.8 Å². The molecular weight excluding hydrogens is 209 g/mol. The molecule has 1 aromatic carbocycles. The lowest BCUT2D eigenvalue weighted by Gasteiger charge is -2.14. The fourth-order valence-corrected chi connectivity index (χ4v) is 1.36. The Morgan fingerprint density at radius 3 is 2.69 bits per heavy atom. The summed E-state index contributed by atoms with van der Waals surface area (Å²) >= 11 is 0. The molecule has 0 fully saturated rings. The number of carbonyl (C=O) groups excluding carboxylic acids is 1. The van der Waals surface area contributed by atoms with Crippen LogP contribution in [0, 0.1) is 5.82 Å². The second-order valence-electron chi connectivity index (χ2n) is 3.64. The minimum Gasteiger partial charge on any atom is -0.465 e. The van der Waals surface area contributed by atoms with Crippen molar-refractivity contribution in [2.45, 2.75) is 13.5 Å². The molecule has 0 aliphatic rings. The van der Waals surface area contributed by atoms with Gasteiger partial charge < -0.3 is 9.64 Å². The molecule has 0 aliphatic carbocycles. The second-order valence-corrected chi connectivity index (χ2v) is 3.64. The lowest BCUT2D eigenvalue weighted by Crippen LogP contribution is -2.17. The van der Waals surface area contributed by atoms with Crippen LogP contribution in [0.2, 0.25) is 0 Å². The molecule has 1 aromatic rings. The predicted molar refractivity (Wildman–Crippen MR) is 59.7 cm³/mol. The van der Waals surface area contributed by atoms with Gasteiger partial charge >= 0.3 is 5.97 Å². The third-order valence-corrected chi connectivity index (χ3v) is 2.43.